The van der Waals surface area contributed by atoms with Crippen molar-refractivity contribution in [2.75, 3.05) is 33.4 Å². The van der Waals surface area contributed by atoms with Crippen molar-refractivity contribution in [1.82, 2.24) is 4.90 Å². The molecule has 0 unspecified atom stereocenters. The predicted octanol–water partition coefficient (Wildman–Crippen LogP) is 2.64. The Morgan fingerprint density at radius 3 is 2.32 bits per heavy atom. The highest BCUT2D eigenvalue weighted by Gasteiger charge is 2.39. The molecule has 2 aliphatic rings. The van der Waals surface area contributed by atoms with E-state index in [1.165, 1.54) is 38.5 Å². The summed E-state index contributed by atoms with van der Waals surface area (Å²) in [6, 6.07) is 0. The van der Waals surface area contributed by atoms with E-state index < -0.39 is 0 Å². The second-order valence-electron chi connectivity index (χ2n) is 7.53. The van der Waals surface area contributed by atoms with Gasteiger partial charge in [0.15, 0.2) is 0 Å². The zero-order valence-electron chi connectivity index (χ0n) is 13.1. The molecule has 0 aromatic heterocycles. The number of nitrogens with two attached hydrogens (primary N) is 1. The van der Waals surface area contributed by atoms with Crippen LogP contribution in [0.25, 0.3) is 0 Å². The zero-order valence-corrected chi connectivity index (χ0v) is 13.1. The first-order valence-corrected chi connectivity index (χ1v) is 7.97. The van der Waals surface area contributed by atoms with Gasteiger partial charge in [-0.2, -0.15) is 0 Å². The fourth-order valence-corrected chi connectivity index (χ4v) is 3.11. The van der Waals surface area contributed by atoms with E-state index in [1.54, 1.807) is 0 Å². The first kappa shape index (κ1) is 15.3. The molecule has 0 saturated heterocycles. The minimum atomic E-state index is 0.221. The lowest BCUT2D eigenvalue weighted by Crippen LogP contribution is -2.55. The average Bonchev–Trinajstić information content (AvgIpc) is 3.19. The number of hydrogen-bond donors (Lipinski definition) is 1. The highest BCUT2D eigenvalue weighted by atomic mass is 16.5. The summed E-state index contributed by atoms with van der Waals surface area (Å²) in [6.45, 7) is 8.39. The number of likely N-dealkylation sites (N-methyl/N-ethyl adjacent to an activating group) is 1. The van der Waals surface area contributed by atoms with Crippen LogP contribution < -0.4 is 5.73 Å². The molecule has 0 aromatic rings. The van der Waals surface area contributed by atoms with Gasteiger partial charge in [-0.15, -0.1) is 0 Å². The van der Waals surface area contributed by atoms with Gasteiger partial charge in [-0.3, -0.25) is 4.90 Å². The summed E-state index contributed by atoms with van der Waals surface area (Å²) in [4.78, 5) is 2.47. The second kappa shape index (κ2) is 6.11. The van der Waals surface area contributed by atoms with Gasteiger partial charge in [0.1, 0.15) is 0 Å². The van der Waals surface area contributed by atoms with Crippen LogP contribution in [0.3, 0.4) is 0 Å². The molecular weight excluding hydrogens is 236 g/mol. The number of ether oxygens (including phenoxy) is 1. The van der Waals surface area contributed by atoms with Gasteiger partial charge < -0.3 is 10.5 Å². The van der Waals surface area contributed by atoms with Crippen molar-refractivity contribution in [2.45, 2.75) is 57.9 Å². The molecule has 0 radical (unpaired) electrons. The molecule has 3 heteroatoms. The lowest BCUT2D eigenvalue weighted by Gasteiger charge is -2.48. The second-order valence-corrected chi connectivity index (χ2v) is 7.53. The van der Waals surface area contributed by atoms with Gasteiger partial charge in [-0.25, -0.2) is 0 Å². The zero-order chi connectivity index (χ0) is 13.9. The van der Waals surface area contributed by atoms with Crippen LogP contribution >= 0.6 is 0 Å². The normalized spacial score (nSPS) is 25.7. The molecule has 2 fully saturated rings. The maximum absolute atomic E-state index is 6.11. The van der Waals surface area contributed by atoms with E-state index >= 15 is 0 Å². The number of nitrogens with zero attached hydrogens (tertiary/aromatic N) is 1. The predicted molar refractivity (Wildman–Crippen MR) is 80.2 cm³/mol. The van der Waals surface area contributed by atoms with Crippen molar-refractivity contribution in [3.63, 3.8) is 0 Å². The summed E-state index contributed by atoms with van der Waals surface area (Å²) < 4.78 is 5.77. The van der Waals surface area contributed by atoms with Gasteiger partial charge in [0.25, 0.3) is 0 Å². The van der Waals surface area contributed by atoms with E-state index in [0.717, 1.165) is 32.2 Å². The third kappa shape index (κ3) is 4.17. The van der Waals surface area contributed by atoms with Gasteiger partial charge in [0.2, 0.25) is 0 Å². The minimum absolute atomic E-state index is 0.221. The van der Waals surface area contributed by atoms with Crippen LogP contribution in [-0.2, 0) is 4.74 Å². The summed E-state index contributed by atoms with van der Waals surface area (Å²) in [6.07, 6.45) is 7.79. The van der Waals surface area contributed by atoms with Crippen molar-refractivity contribution in [1.29, 1.82) is 0 Å². The van der Waals surface area contributed by atoms with E-state index in [2.05, 4.69) is 25.8 Å². The first-order chi connectivity index (χ1) is 8.97. The highest BCUT2D eigenvalue weighted by Crippen LogP contribution is 2.42. The van der Waals surface area contributed by atoms with Crippen molar-refractivity contribution in [3.8, 4) is 0 Å². The monoisotopic (exact) mass is 268 g/mol. The standard InChI is InChI=1S/C16H32N2O/c1-15(2)6-8-16(13-17,9-7-15)18(3)10-11-19-12-14-4-5-14/h14H,4-13,17H2,1-3H3. The first-order valence-electron chi connectivity index (χ1n) is 7.97. The fraction of sp³-hybridized carbons (Fsp3) is 1.00. The summed E-state index contributed by atoms with van der Waals surface area (Å²) in [5.41, 5.74) is 6.83. The maximum atomic E-state index is 6.11. The van der Waals surface area contributed by atoms with Gasteiger partial charge in [0.05, 0.1) is 6.61 Å². The third-order valence-electron chi connectivity index (χ3n) is 5.35. The Morgan fingerprint density at radius 2 is 1.79 bits per heavy atom. The Morgan fingerprint density at radius 1 is 1.16 bits per heavy atom. The third-order valence-corrected chi connectivity index (χ3v) is 5.35. The molecule has 0 atom stereocenters. The number of rotatable bonds is 7. The van der Waals surface area contributed by atoms with Crippen LogP contribution in [0.2, 0.25) is 0 Å². The molecule has 3 nitrogen and oxygen atoms in total. The topological polar surface area (TPSA) is 38.5 Å². The van der Waals surface area contributed by atoms with Gasteiger partial charge in [0, 0.05) is 25.2 Å². The SMILES string of the molecule is CN(CCOCC1CC1)C1(CN)CCC(C)(C)CC1. The van der Waals surface area contributed by atoms with Gasteiger partial charge in [-0.05, 0) is 56.9 Å². The minimum Gasteiger partial charge on any atom is -0.380 e. The highest BCUT2D eigenvalue weighted by molar-refractivity contribution is 4.96. The molecule has 0 amide bonds. The molecule has 112 valence electrons. The van der Waals surface area contributed by atoms with Crippen LogP contribution in [0, 0.1) is 11.3 Å². The maximum Gasteiger partial charge on any atom is 0.0593 e. The molecule has 2 aliphatic carbocycles. The van der Waals surface area contributed by atoms with Gasteiger partial charge in [-0.1, -0.05) is 13.8 Å². The average molecular weight is 268 g/mol. The van der Waals surface area contributed by atoms with Crippen molar-refractivity contribution >= 4 is 0 Å². The summed E-state index contributed by atoms with van der Waals surface area (Å²) in [5, 5.41) is 0. The van der Waals surface area contributed by atoms with E-state index in [1.807, 2.05) is 0 Å². The van der Waals surface area contributed by atoms with Crippen LogP contribution in [0.4, 0.5) is 0 Å². The van der Waals surface area contributed by atoms with Crippen molar-refractivity contribution in [2.24, 2.45) is 17.1 Å². The summed E-state index contributed by atoms with van der Waals surface area (Å²) in [5.74, 6) is 0.865. The van der Waals surface area contributed by atoms with E-state index in [-0.39, 0.29) is 5.54 Å². The van der Waals surface area contributed by atoms with Crippen LogP contribution in [0.1, 0.15) is 52.4 Å². The summed E-state index contributed by atoms with van der Waals surface area (Å²) >= 11 is 0. The molecule has 19 heavy (non-hydrogen) atoms. The fourth-order valence-electron chi connectivity index (χ4n) is 3.11. The molecular formula is C16H32N2O. The molecule has 2 N–H and O–H groups in total. The largest absolute Gasteiger partial charge is 0.380 e. The van der Waals surface area contributed by atoms with Crippen LogP contribution in [0.5, 0.6) is 0 Å². The molecule has 2 rings (SSSR count). The Bertz CT molecular complexity index is 276. The Kier molecular flexibility index (Phi) is 4.91. The van der Waals surface area contributed by atoms with Crippen molar-refractivity contribution < 1.29 is 4.74 Å². The molecule has 0 bridgehead atoms. The van der Waals surface area contributed by atoms with E-state index in [4.69, 9.17) is 10.5 Å². The molecule has 0 aliphatic heterocycles. The molecule has 0 heterocycles. The molecule has 0 aromatic carbocycles. The van der Waals surface area contributed by atoms with E-state index in [0.29, 0.717) is 5.41 Å². The smallest absolute Gasteiger partial charge is 0.0593 e. The van der Waals surface area contributed by atoms with E-state index in [9.17, 15) is 0 Å². The van der Waals surface area contributed by atoms with Crippen LogP contribution in [-0.4, -0.2) is 43.8 Å². The van der Waals surface area contributed by atoms with Crippen molar-refractivity contribution in [3.05, 3.63) is 0 Å². The lowest BCUT2D eigenvalue weighted by molar-refractivity contribution is 0.0165. The summed E-state index contributed by atoms with van der Waals surface area (Å²) in [7, 11) is 2.23. The molecule has 2 saturated carbocycles. The molecule has 0 spiro atoms. The Labute approximate surface area is 118 Å². The van der Waals surface area contributed by atoms with Crippen LogP contribution in [0.15, 0.2) is 0 Å². The van der Waals surface area contributed by atoms with Gasteiger partial charge >= 0.3 is 0 Å². The Balaban J connectivity index is 1.75. The lowest BCUT2D eigenvalue weighted by atomic mass is 9.69. The quantitative estimate of drug-likeness (QED) is 0.721. The number of hydrogen-bond acceptors (Lipinski definition) is 3. The Hall–Kier alpha value is -0.120.